The number of nitrogens with one attached hydrogen (secondary N) is 1. The van der Waals surface area contributed by atoms with Gasteiger partial charge < -0.3 is 27.5 Å². The van der Waals surface area contributed by atoms with Gasteiger partial charge in [0.05, 0.1) is 12.8 Å². The molecule has 0 saturated heterocycles. The van der Waals surface area contributed by atoms with Gasteiger partial charge in [0.15, 0.2) is 5.75 Å². The Hall–Kier alpha value is -1.91. The van der Waals surface area contributed by atoms with Crippen molar-refractivity contribution in [3.8, 4) is 5.75 Å². The van der Waals surface area contributed by atoms with Crippen molar-refractivity contribution >= 4 is 22.7 Å². The minimum atomic E-state index is -4.94. The summed E-state index contributed by atoms with van der Waals surface area (Å²) >= 11 is 0. The molecule has 7 nitrogen and oxygen atoms in total. The van der Waals surface area contributed by atoms with Gasteiger partial charge in [-0.1, -0.05) is 0 Å². The maximum Gasteiger partial charge on any atom is 0.420 e. The second-order valence-corrected chi connectivity index (χ2v) is 3.33. The zero-order chi connectivity index (χ0) is 14.2. The van der Waals surface area contributed by atoms with E-state index in [2.05, 4.69) is 4.84 Å². The first-order chi connectivity index (χ1) is 8.12. The molecule has 0 amide bonds. The monoisotopic (exact) mass is 268 g/mol. The third-order valence-corrected chi connectivity index (χ3v) is 2.26. The number of nitrogens with two attached hydrogens (primary N) is 3. The fourth-order valence-electron chi connectivity index (χ4n) is 1.42. The van der Waals surface area contributed by atoms with Gasteiger partial charge in [-0.3, -0.25) is 0 Å². The standard InChI is InChI=1S/C8H11F3N4O3/c1-18-15(17)6-3(12)2(8(9,10)11)4(13)7(16)5(6)14/h15-16H,12-14H2,1H3. The van der Waals surface area contributed by atoms with Crippen LogP contribution in [0.4, 0.5) is 35.9 Å². The van der Waals surface area contributed by atoms with Gasteiger partial charge in [-0.15, -0.1) is 0 Å². The number of hydrogen-bond donors (Lipinski definition) is 5. The Kier molecular flexibility index (Phi) is 3.46. The summed E-state index contributed by atoms with van der Waals surface area (Å²) in [6.45, 7) is 0. The highest BCUT2D eigenvalue weighted by Crippen LogP contribution is 2.47. The molecule has 0 fully saturated rings. The molecule has 0 aliphatic heterocycles. The summed E-state index contributed by atoms with van der Waals surface area (Å²) in [5, 5.41) is 19.5. The van der Waals surface area contributed by atoms with Gasteiger partial charge in [0.1, 0.15) is 16.9 Å². The van der Waals surface area contributed by atoms with Crippen LogP contribution >= 0.6 is 0 Å². The van der Waals surface area contributed by atoms with Crippen molar-refractivity contribution in [1.82, 2.24) is 0 Å². The highest BCUT2D eigenvalue weighted by molar-refractivity contribution is 5.88. The Morgan fingerprint density at radius 2 is 1.67 bits per heavy atom. The Bertz CT molecular complexity index is 478. The van der Waals surface area contributed by atoms with Gasteiger partial charge in [0.2, 0.25) is 5.69 Å². The van der Waals surface area contributed by atoms with Crippen LogP contribution < -0.4 is 22.4 Å². The molecule has 102 valence electrons. The lowest BCUT2D eigenvalue weighted by molar-refractivity contribution is -0.991. The number of halogens is 3. The minimum Gasteiger partial charge on any atom is -0.595 e. The molecule has 0 aliphatic rings. The van der Waals surface area contributed by atoms with Crippen LogP contribution in [0.25, 0.3) is 0 Å². The number of hydrogen-bond acceptors (Lipinski definition) is 6. The lowest BCUT2D eigenvalue weighted by atomic mass is 10.1. The SMILES string of the molecule is CO[NH+]([O-])c1c(N)c(O)c(N)c(C(F)(F)F)c1N. The average molecular weight is 268 g/mol. The molecule has 0 aliphatic carbocycles. The number of rotatable bonds is 2. The number of aromatic hydroxyl groups is 1. The predicted octanol–water partition coefficient (Wildman–Crippen LogP) is -0.267. The molecule has 0 aromatic heterocycles. The molecule has 0 spiro atoms. The fraction of sp³-hybridized carbons (Fsp3) is 0.250. The van der Waals surface area contributed by atoms with Crippen LogP contribution in [-0.4, -0.2) is 12.2 Å². The van der Waals surface area contributed by atoms with Gasteiger partial charge in [-0.2, -0.15) is 18.4 Å². The minimum absolute atomic E-state index is 0.662. The van der Waals surface area contributed by atoms with Crippen LogP contribution in [0.3, 0.4) is 0 Å². The number of quaternary nitrogens is 1. The summed E-state index contributed by atoms with van der Waals surface area (Å²) in [6, 6.07) is 0. The molecule has 8 N–H and O–H groups in total. The van der Waals surface area contributed by atoms with Crippen molar-refractivity contribution in [3.05, 3.63) is 10.8 Å². The normalized spacial score (nSPS) is 13.6. The summed E-state index contributed by atoms with van der Waals surface area (Å²) in [5.41, 5.74) is 10.6. The van der Waals surface area contributed by atoms with E-state index in [1.54, 1.807) is 0 Å². The van der Waals surface area contributed by atoms with E-state index in [4.69, 9.17) is 17.2 Å². The molecular formula is C8H11F3N4O3. The maximum atomic E-state index is 12.7. The first-order valence-electron chi connectivity index (χ1n) is 4.47. The Morgan fingerprint density at radius 3 is 2.06 bits per heavy atom. The van der Waals surface area contributed by atoms with Gasteiger partial charge in [-0.25, -0.2) is 4.84 Å². The summed E-state index contributed by atoms with van der Waals surface area (Å²) in [4.78, 5) is 4.24. The second-order valence-electron chi connectivity index (χ2n) is 3.33. The second kappa shape index (κ2) is 4.40. The molecular weight excluding hydrogens is 257 g/mol. The fourth-order valence-corrected chi connectivity index (χ4v) is 1.42. The first kappa shape index (κ1) is 14.2. The Morgan fingerprint density at radius 1 is 1.17 bits per heavy atom. The van der Waals surface area contributed by atoms with E-state index in [-0.39, 0.29) is 0 Å². The van der Waals surface area contributed by atoms with Crippen molar-refractivity contribution in [2.45, 2.75) is 6.18 Å². The van der Waals surface area contributed by atoms with Crippen LogP contribution in [0.15, 0.2) is 0 Å². The largest absolute Gasteiger partial charge is 0.595 e. The van der Waals surface area contributed by atoms with Gasteiger partial charge in [-0.05, 0) is 0 Å². The summed E-state index contributed by atoms with van der Waals surface area (Å²) in [5.74, 6) is -1.06. The number of phenols is 1. The smallest absolute Gasteiger partial charge is 0.420 e. The van der Waals surface area contributed by atoms with Crippen LogP contribution in [0.5, 0.6) is 5.75 Å². The van der Waals surface area contributed by atoms with E-state index >= 15 is 0 Å². The van der Waals surface area contributed by atoms with Gasteiger partial charge in [0, 0.05) is 0 Å². The van der Waals surface area contributed by atoms with E-state index in [0.717, 1.165) is 7.11 Å². The molecule has 0 bridgehead atoms. The third-order valence-electron chi connectivity index (χ3n) is 2.26. The third kappa shape index (κ3) is 2.08. The topological polar surface area (TPSA) is 135 Å². The van der Waals surface area contributed by atoms with Gasteiger partial charge in [0.25, 0.3) is 0 Å². The van der Waals surface area contributed by atoms with E-state index in [1.807, 2.05) is 0 Å². The van der Waals surface area contributed by atoms with Crippen molar-refractivity contribution < 1.29 is 28.3 Å². The molecule has 1 atom stereocenters. The molecule has 0 radical (unpaired) electrons. The molecule has 18 heavy (non-hydrogen) atoms. The lowest BCUT2D eigenvalue weighted by Gasteiger charge is -2.23. The molecule has 1 unspecified atom stereocenters. The highest BCUT2D eigenvalue weighted by atomic mass is 19.4. The van der Waals surface area contributed by atoms with Crippen LogP contribution in [0.2, 0.25) is 0 Å². The van der Waals surface area contributed by atoms with Crippen molar-refractivity contribution in [3.63, 3.8) is 0 Å². The van der Waals surface area contributed by atoms with Crippen LogP contribution in [0, 0.1) is 5.21 Å². The van der Waals surface area contributed by atoms with Crippen LogP contribution in [-0.2, 0) is 11.0 Å². The molecule has 10 heteroatoms. The number of benzene rings is 1. The molecule has 0 saturated carbocycles. The molecule has 1 aromatic carbocycles. The first-order valence-corrected chi connectivity index (χ1v) is 4.47. The maximum absolute atomic E-state index is 12.7. The van der Waals surface area contributed by atoms with Crippen LogP contribution in [0.1, 0.15) is 5.56 Å². The number of alkyl halides is 3. The van der Waals surface area contributed by atoms with E-state index in [1.165, 1.54) is 0 Å². The van der Waals surface area contributed by atoms with Crippen molar-refractivity contribution in [2.24, 2.45) is 0 Å². The zero-order valence-corrected chi connectivity index (χ0v) is 9.13. The van der Waals surface area contributed by atoms with Gasteiger partial charge >= 0.3 is 6.18 Å². The number of nitrogen functional groups attached to an aromatic ring is 3. The highest BCUT2D eigenvalue weighted by Gasteiger charge is 2.40. The lowest BCUT2D eigenvalue weighted by Crippen LogP contribution is -3.00. The van der Waals surface area contributed by atoms with E-state index in [9.17, 15) is 23.5 Å². The summed E-state index contributed by atoms with van der Waals surface area (Å²) in [6.07, 6.45) is -4.94. The van der Waals surface area contributed by atoms with E-state index in [0.29, 0.717) is 0 Å². The zero-order valence-electron chi connectivity index (χ0n) is 9.13. The summed E-state index contributed by atoms with van der Waals surface area (Å²) < 4.78 is 38.1. The molecule has 1 aromatic rings. The van der Waals surface area contributed by atoms with Crippen molar-refractivity contribution in [2.75, 3.05) is 24.3 Å². The Labute approximate surface area is 99.0 Å². The molecule has 0 heterocycles. The average Bonchev–Trinajstić information content (AvgIpc) is 2.24. The number of anilines is 3. The summed E-state index contributed by atoms with van der Waals surface area (Å²) in [7, 11) is 0.932. The predicted molar refractivity (Wildman–Crippen MR) is 57.3 cm³/mol. The van der Waals surface area contributed by atoms with E-state index < -0.39 is 45.5 Å². The Balaban J connectivity index is 3.71. The van der Waals surface area contributed by atoms with Crippen molar-refractivity contribution in [1.29, 1.82) is 0 Å². The quantitative estimate of drug-likeness (QED) is 0.217. The molecule has 1 rings (SSSR count). The number of phenolic OH excluding ortho intramolecular Hbond substituents is 1.